The average molecular weight is 459 g/mol. The lowest BCUT2D eigenvalue weighted by Crippen LogP contribution is -2.14. The van der Waals surface area contributed by atoms with Crippen molar-refractivity contribution in [3.05, 3.63) is 52.0 Å². The third kappa shape index (κ3) is 7.19. The molecule has 0 aliphatic heterocycles. The Morgan fingerprint density at radius 3 is 2.17 bits per heavy atom. The van der Waals surface area contributed by atoms with Gasteiger partial charge >= 0.3 is 0 Å². The lowest BCUT2D eigenvalue weighted by Gasteiger charge is -2.12. The minimum absolute atomic E-state index is 0.0437. The number of amides is 1. The van der Waals surface area contributed by atoms with Gasteiger partial charge in [-0.2, -0.15) is 0 Å². The van der Waals surface area contributed by atoms with Crippen LogP contribution >= 0.6 is 23.2 Å². The second-order valence-electron chi connectivity index (χ2n) is 6.56. The van der Waals surface area contributed by atoms with Crippen molar-refractivity contribution in [3.63, 3.8) is 0 Å². The van der Waals surface area contributed by atoms with E-state index in [0.29, 0.717) is 18.0 Å². The van der Waals surface area contributed by atoms with Crippen molar-refractivity contribution in [2.45, 2.75) is 43.9 Å². The second-order valence-corrected chi connectivity index (χ2v) is 8.93. The Hall–Kier alpha value is -1.80. The molecule has 0 aromatic heterocycles. The molecule has 0 fully saturated rings. The van der Waals surface area contributed by atoms with E-state index in [1.165, 1.54) is 55.7 Å². The molecule has 158 valence electrons. The van der Waals surface area contributed by atoms with Crippen LogP contribution in [0.5, 0.6) is 5.75 Å². The number of unbranched alkanes of at least 4 members (excludes halogenated alkanes) is 4. The van der Waals surface area contributed by atoms with Gasteiger partial charge < -0.3 is 10.1 Å². The third-order valence-electron chi connectivity index (χ3n) is 4.20. The van der Waals surface area contributed by atoms with Crippen molar-refractivity contribution in [1.82, 2.24) is 0 Å². The van der Waals surface area contributed by atoms with Gasteiger partial charge in [-0.3, -0.25) is 4.79 Å². The molecule has 2 aromatic carbocycles. The van der Waals surface area contributed by atoms with Crippen molar-refractivity contribution < 1.29 is 17.9 Å². The number of rotatable bonds is 10. The molecule has 0 saturated carbocycles. The maximum absolute atomic E-state index is 12.5. The zero-order valence-corrected chi connectivity index (χ0v) is 18.4. The molecule has 0 spiro atoms. The van der Waals surface area contributed by atoms with Crippen molar-refractivity contribution in [2.24, 2.45) is 5.14 Å². The fraction of sp³-hybridized carbons (Fsp3) is 0.350. The number of anilines is 1. The number of carbonyl (C=O) groups excluding carboxylic acids is 1. The SMILES string of the molecule is CCCCCCCOc1c(Cl)cc(C(=O)Nc2ccc(S(N)(=O)=O)cc2)cc1Cl. The number of primary sulfonamides is 1. The summed E-state index contributed by atoms with van der Waals surface area (Å²) >= 11 is 12.5. The lowest BCUT2D eigenvalue weighted by atomic mass is 10.1. The standard InChI is InChI=1S/C20H24Cl2N2O4S/c1-2-3-4-5-6-11-28-19-17(21)12-14(13-18(19)22)20(25)24-15-7-9-16(10-8-15)29(23,26)27/h7-10,12-13H,2-6,11H2,1H3,(H,24,25)(H2,23,26,27). The summed E-state index contributed by atoms with van der Waals surface area (Å²) in [4.78, 5) is 12.4. The molecule has 3 N–H and O–H groups in total. The number of hydrogen-bond donors (Lipinski definition) is 2. The second kappa shape index (κ2) is 10.8. The predicted molar refractivity (Wildman–Crippen MR) is 116 cm³/mol. The molecule has 29 heavy (non-hydrogen) atoms. The first kappa shape index (κ1) is 23.5. The molecule has 0 unspecified atom stereocenters. The Labute approximate surface area is 181 Å². The molecule has 0 bridgehead atoms. The normalized spacial score (nSPS) is 11.3. The van der Waals surface area contributed by atoms with Crippen LogP contribution < -0.4 is 15.2 Å². The highest BCUT2D eigenvalue weighted by molar-refractivity contribution is 7.89. The van der Waals surface area contributed by atoms with E-state index >= 15 is 0 Å². The Bertz CT molecular complexity index is 924. The van der Waals surface area contributed by atoms with Gasteiger partial charge in [0.15, 0.2) is 5.75 Å². The minimum Gasteiger partial charge on any atom is -0.490 e. The first-order chi connectivity index (χ1) is 13.7. The van der Waals surface area contributed by atoms with Gasteiger partial charge in [0.1, 0.15) is 0 Å². The van der Waals surface area contributed by atoms with Crippen LogP contribution in [-0.2, 0) is 10.0 Å². The molecule has 0 heterocycles. The van der Waals surface area contributed by atoms with Crippen LogP contribution in [0.3, 0.4) is 0 Å². The third-order valence-corrected chi connectivity index (χ3v) is 5.69. The number of nitrogens with two attached hydrogens (primary N) is 1. The molecule has 9 heteroatoms. The summed E-state index contributed by atoms with van der Waals surface area (Å²) in [5.74, 6) is -0.0823. The van der Waals surface area contributed by atoms with Crippen molar-refractivity contribution in [2.75, 3.05) is 11.9 Å². The predicted octanol–water partition coefficient (Wildman–Crippen LogP) is 5.24. The van der Waals surface area contributed by atoms with Gasteiger partial charge in [-0.05, 0) is 42.8 Å². The maximum Gasteiger partial charge on any atom is 0.255 e. The summed E-state index contributed by atoms with van der Waals surface area (Å²) < 4.78 is 28.3. The molecule has 0 saturated heterocycles. The Morgan fingerprint density at radius 2 is 1.62 bits per heavy atom. The van der Waals surface area contributed by atoms with E-state index in [1.807, 2.05) is 0 Å². The summed E-state index contributed by atoms with van der Waals surface area (Å²) in [6, 6.07) is 8.46. The first-order valence-corrected chi connectivity index (χ1v) is 11.6. The van der Waals surface area contributed by atoms with Crippen molar-refractivity contribution in [1.29, 1.82) is 0 Å². The van der Waals surface area contributed by atoms with Crippen LogP contribution in [0.25, 0.3) is 0 Å². The topological polar surface area (TPSA) is 98.5 Å². The van der Waals surface area contributed by atoms with Gasteiger partial charge in [0.25, 0.3) is 5.91 Å². The zero-order chi connectivity index (χ0) is 21.4. The number of halogens is 2. The molecule has 2 aromatic rings. The Kier molecular flexibility index (Phi) is 8.77. The molecule has 0 radical (unpaired) electrons. The van der Waals surface area contributed by atoms with Crippen LogP contribution in [0.1, 0.15) is 49.4 Å². The molecule has 0 aliphatic carbocycles. The number of sulfonamides is 1. The molecular formula is C20H24Cl2N2O4S. The maximum atomic E-state index is 12.5. The van der Waals surface area contributed by atoms with Crippen molar-refractivity contribution in [3.8, 4) is 5.75 Å². The van der Waals surface area contributed by atoms with Crippen LogP contribution in [0.2, 0.25) is 10.0 Å². The molecule has 6 nitrogen and oxygen atoms in total. The van der Waals surface area contributed by atoms with Gasteiger partial charge in [-0.15, -0.1) is 0 Å². The van der Waals surface area contributed by atoms with E-state index in [0.717, 1.165) is 12.8 Å². The average Bonchev–Trinajstić information content (AvgIpc) is 2.65. The van der Waals surface area contributed by atoms with Crippen LogP contribution in [0.4, 0.5) is 5.69 Å². The zero-order valence-electron chi connectivity index (χ0n) is 16.1. The number of hydrogen-bond acceptors (Lipinski definition) is 4. The monoisotopic (exact) mass is 458 g/mol. The molecule has 0 aliphatic rings. The summed E-state index contributed by atoms with van der Waals surface area (Å²) in [6.45, 7) is 2.67. The molecule has 2 rings (SSSR count). The van der Waals surface area contributed by atoms with E-state index in [2.05, 4.69) is 12.2 Å². The smallest absolute Gasteiger partial charge is 0.255 e. The van der Waals surface area contributed by atoms with E-state index in [4.69, 9.17) is 33.1 Å². The Morgan fingerprint density at radius 1 is 1.03 bits per heavy atom. The van der Waals surface area contributed by atoms with Gasteiger partial charge in [-0.1, -0.05) is 55.8 Å². The highest BCUT2D eigenvalue weighted by atomic mass is 35.5. The van der Waals surface area contributed by atoms with Gasteiger partial charge in [0, 0.05) is 11.3 Å². The van der Waals surface area contributed by atoms with Crippen LogP contribution in [0, 0.1) is 0 Å². The van der Waals surface area contributed by atoms with E-state index in [1.54, 1.807) is 0 Å². The summed E-state index contributed by atoms with van der Waals surface area (Å²) in [7, 11) is -3.79. The van der Waals surface area contributed by atoms with E-state index in [9.17, 15) is 13.2 Å². The van der Waals surface area contributed by atoms with Crippen molar-refractivity contribution >= 4 is 44.8 Å². The van der Waals surface area contributed by atoms with Gasteiger partial charge in [0.2, 0.25) is 10.0 Å². The molecule has 1 amide bonds. The highest BCUT2D eigenvalue weighted by Gasteiger charge is 2.15. The van der Waals surface area contributed by atoms with E-state index < -0.39 is 15.9 Å². The van der Waals surface area contributed by atoms with Gasteiger partial charge in [0.05, 0.1) is 21.5 Å². The summed E-state index contributed by atoms with van der Waals surface area (Å²) in [5, 5.41) is 8.21. The first-order valence-electron chi connectivity index (χ1n) is 9.28. The van der Waals surface area contributed by atoms with Crippen LogP contribution in [-0.4, -0.2) is 20.9 Å². The number of ether oxygens (including phenoxy) is 1. The van der Waals surface area contributed by atoms with Gasteiger partial charge in [-0.25, -0.2) is 13.6 Å². The largest absolute Gasteiger partial charge is 0.490 e. The number of carbonyl (C=O) groups is 1. The number of benzene rings is 2. The molecule has 0 atom stereocenters. The summed E-state index contributed by atoms with van der Waals surface area (Å²) in [6.07, 6.45) is 5.53. The highest BCUT2D eigenvalue weighted by Crippen LogP contribution is 2.34. The quantitative estimate of drug-likeness (QED) is 0.475. The molecular weight excluding hydrogens is 435 g/mol. The lowest BCUT2D eigenvalue weighted by molar-refractivity contribution is 0.102. The fourth-order valence-electron chi connectivity index (χ4n) is 2.64. The fourth-order valence-corrected chi connectivity index (χ4v) is 3.75. The Balaban J connectivity index is 2.00. The summed E-state index contributed by atoms with van der Waals surface area (Å²) in [5.41, 5.74) is 0.660. The van der Waals surface area contributed by atoms with E-state index in [-0.39, 0.29) is 20.5 Å². The minimum atomic E-state index is -3.79. The van der Waals surface area contributed by atoms with Crippen LogP contribution in [0.15, 0.2) is 41.3 Å². The number of nitrogens with one attached hydrogen (secondary N) is 1.